The zero-order valence-electron chi connectivity index (χ0n) is 6.98. The number of aromatic carboxylic acids is 1. The van der Waals surface area contributed by atoms with Gasteiger partial charge in [0.1, 0.15) is 5.69 Å². The lowest BCUT2D eigenvalue weighted by atomic mass is 10.4. The van der Waals surface area contributed by atoms with E-state index in [0.717, 1.165) is 0 Å². The molecule has 66 valence electrons. The predicted molar refractivity (Wildman–Crippen MR) is 49.8 cm³/mol. The second-order valence-electron chi connectivity index (χ2n) is 1.71. The Labute approximate surface area is 76.9 Å². The van der Waals surface area contributed by atoms with E-state index < -0.39 is 5.97 Å². The zero-order valence-corrected chi connectivity index (χ0v) is 7.88. The van der Waals surface area contributed by atoms with E-state index >= 15 is 0 Å². The first-order valence-corrected chi connectivity index (χ1v) is 4.03. The number of carbonyl (C=O) groups is 1. The van der Waals surface area contributed by atoms with Crippen molar-refractivity contribution in [2.45, 2.75) is 18.7 Å². The Hall–Kier alpha value is -1.03. The number of carboxylic acids is 1. The third-order valence-electron chi connectivity index (χ3n) is 0.967. The van der Waals surface area contributed by atoms with Gasteiger partial charge in [0.2, 0.25) is 0 Å². The molecule has 1 aromatic rings. The highest BCUT2D eigenvalue weighted by Crippen LogP contribution is 2.03. The highest BCUT2D eigenvalue weighted by molar-refractivity contribution is 7.80. The molecule has 0 aliphatic carbocycles. The van der Waals surface area contributed by atoms with Crippen molar-refractivity contribution in [3.05, 3.63) is 24.0 Å². The molecule has 0 radical (unpaired) electrons. The van der Waals surface area contributed by atoms with Gasteiger partial charge in [-0.15, -0.1) is 12.6 Å². The molecule has 0 unspecified atom stereocenters. The van der Waals surface area contributed by atoms with Crippen LogP contribution in [0.2, 0.25) is 0 Å². The quantitative estimate of drug-likeness (QED) is 0.659. The number of hydrogen-bond acceptors (Lipinski definition) is 3. The number of aromatic nitrogens is 1. The van der Waals surface area contributed by atoms with Gasteiger partial charge in [-0.1, -0.05) is 13.8 Å². The Morgan fingerprint density at radius 3 is 2.42 bits per heavy atom. The summed E-state index contributed by atoms with van der Waals surface area (Å²) in [5, 5.41) is 8.39. The molecule has 1 aromatic heterocycles. The Bertz CT molecular complexity index is 246. The van der Waals surface area contributed by atoms with Crippen molar-refractivity contribution >= 4 is 18.6 Å². The van der Waals surface area contributed by atoms with E-state index in [9.17, 15) is 4.79 Å². The minimum Gasteiger partial charge on any atom is -0.477 e. The summed E-state index contributed by atoms with van der Waals surface area (Å²) < 4.78 is 0. The van der Waals surface area contributed by atoms with Crippen molar-refractivity contribution < 1.29 is 9.90 Å². The summed E-state index contributed by atoms with van der Waals surface area (Å²) in [5.74, 6) is -1.02. The van der Waals surface area contributed by atoms with Crippen molar-refractivity contribution in [1.29, 1.82) is 0 Å². The molecule has 0 atom stereocenters. The van der Waals surface area contributed by atoms with E-state index in [1.54, 1.807) is 6.07 Å². The van der Waals surface area contributed by atoms with Gasteiger partial charge in [-0.25, -0.2) is 9.78 Å². The number of nitrogens with zero attached hydrogens (tertiary/aromatic N) is 1. The van der Waals surface area contributed by atoms with Gasteiger partial charge in [-0.3, -0.25) is 0 Å². The van der Waals surface area contributed by atoms with Crippen molar-refractivity contribution in [2.24, 2.45) is 0 Å². The summed E-state index contributed by atoms with van der Waals surface area (Å²) in [6, 6.07) is 2.99. The Balaban J connectivity index is 0.000000561. The summed E-state index contributed by atoms with van der Waals surface area (Å²) in [5.41, 5.74) is 0.0396. The monoisotopic (exact) mass is 185 g/mol. The van der Waals surface area contributed by atoms with Crippen LogP contribution >= 0.6 is 12.6 Å². The summed E-state index contributed by atoms with van der Waals surface area (Å²) in [6.45, 7) is 4.00. The molecule has 0 saturated heterocycles. The van der Waals surface area contributed by atoms with Crippen LogP contribution in [0, 0.1) is 0 Å². The molecule has 1 heterocycles. The van der Waals surface area contributed by atoms with E-state index in [1.165, 1.54) is 12.3 Å². The van der Waals surface area contributed by atoms with E-state index in [2.05, 4.69) is 17.6 Å². The first kappa shape index (κ1) is 11.0. The topological polar surface area (TPSA) is 50.2 Å². The number of carboxylic acid groups (broad SMARTS) is 1. The number of pyridine rings is 1. The van der Waals surface area contributed by atoms with Crippen LogP contribution in [-0.4, -0.2) is 16.1 Å². The lowest BCUT2D eigenvalue weighted by molar-refractivity contribution is 0.0690. The van der Waals surface area contributed by atoms with Crippen molar-refractivity contribution in [3.63, 3.8) is 0 Å². The zero-order chi connectivity index (χ0) is 9.56. The molecule has 0 fully saturated rings. The lowest BCUT2D eigenvalue weighted by Gasteiger charge is -1.91. The highest BCUT2D eigenvalue weighted by atomic mass is 32.1. The Morgan fingerprint density at radius 1 is 1.50 bits per heavy atom. The van der Waals surface area contributed by atoms with E-state index in [1.807, 2.05) is 13.8 Å². The second-order valence-corrected chi connectivity index (χ2v) is 2.22. The maximum atomic E-state index is 10.2. The first-order chi connectivity index (χ1) is 5.70. The molecule has 0 aliphatic heterocycles. The normalized spacial score (nSPS) is 8.25. The van der Waals surface area contributed by atoms with Gasteiger partial charge in [0.25, 0.3) is 0 Å². The molecule has 0 amide bonds. The number of thiol groups is 1. The number of hydrogen-bond donors (Lipinski definition) is 2. The Kier molecular flexibility index (Phi) is 5.12. The van der Waals surface area contributed by atoms with Crippen LogP contribution in [0.3, 0.4) is 0 Å². The molecule has 0 aromatic carbocycles. The van der Waals surface area contributed by atoms with Gasteiger partial charge in [0.15, 0.2) is 0 Å². The molecular weight excluding hydrogens is 174 g/mol. The molecule has 0 aliphatic rings. The van der Waals surface area contributed by atoms with Crippen LogP contribution in [0.15, 0.2) is 23.2 Å². The van der Waals surface area contributed by atoms with Gasteiger partial charge >= 0.3 is 5.97 Å². The fourth-order valence-corrected chi connectivity index (χ4v) is 0.645. The maximum absolute atomic E-state index is 10.2. The number of rotatable bonds is 1. The predicted octanol–water partition coefficient (Wildman–Crippen LogP) is 2.09. The first-order valence-electron chi connectivity index (χ1n) is 3.58. The van der Waals surface area contributed by atoms with Crippen LogP contribution < -0.4 is 0 Å². The maximum Gasteiger partial charge on any atom is 0.354 e. The summed E-state index contributed by atoms with van der Waals surface area (Å²) >= 11 is 3.94. The highest BCUT2D eigenvalue weighted by Gasteiger charge is 2.00. The molecule has 4 heteroatoms. The van der Waals surface area contributed by atoms with Crippen LogP contribution in [0.25, 0.3) is 0 Å². The molecule has 0 spiro atoms. The fourth-order valence-electron chi connectivity index (χ4n) is 0.513. The third-order valence-corrected chi connectivity index (χ3v) is 1.23. The smallest absolute Gasteiger partial charge is 0.354 e. The van der Waals surface area contributed by atoms with Crippen LogP contribution in [-0.2, 0) is 0 Å². The van der Waals surface area contributed by atoms with E-state index in [4.69, 9.17) is 5.11 Å². The molecular formula is C8H11NO2S. The minimum atomic E-state index is -1.02. The molecule has 1 rings (SSSR count). The SMILES string of the molecule is CC.O=C(O)c1ccc(S)cn1. The summed E-state index contributed by atoms with van der Waals surface area (Å²) in [4.78, 5) is 14.5. The van der Waals surface area contributed by atoms with Gasteiger partial charge in [-0.2, -0.15) is 0 Å². The van der Waals surface area contributed by atoms with Crippen LogP contribution in [0.1, 0.15) is 24.3 Å². The summed E-state index contributed by atoms with van der Waals surface area (Å²) in [7, 11) is 0. The molecule has 1 N–H and O–H groups in total. The molecule has 0 bridgehead atoms. The third kappa shape index (κ3) is 3.39. The van der Waals surface area contributed by atoms with Gasteiger partial charge in [-0.05, 0) is 12.1 Å². The Morgan fingerprint density at radius 2 is 2.08 bits per heavy atom. The van der Waals surface area contributed by atoms with Crippen molar-refractivity contribution in [3.8, 4) is 0 Å². The largest absolute Gasteiger partial charge is 0.477 e. The van der Waals surface area contributed by atoms with E-state index in [-0.39, 0.29) is 5.69 Å². The fraction of sp³-hybridized carbons (Fsp3) is 0.250. The summed E-state index contributed by atoms with van der Waals surface area (Å²) in [6.07, 6.45) is 1.40. The standard InChI is InChI=1S/C6H5NO2S.C2H6/c8-6(9)5-2-1-4(10)3-7-5;1-2/h1-3,10H,(H,8,9);1-2H3. The van der Waals surface area contributed by atoms with Crippen molar-refractivity contribution in [2.75, 3.05) is 0 Å². The minimum absolute atomic E-state index is 0.0396. The van der Waals surface area contributed by atoms with E-state index in [0.29, 0.717) is 4.90 Å². The van der Waals surface area contributed by atoms with Crippen LogP contribution in [0.4, 0.5) is 0 Å². The van der Waals surface area contributed by atoms with Gasteiger partial charge in [0, 0.05) is 11.1 Å². The average Bonchev–Trinajstić information content (AvgIpc) is 2.09. The molecule has 12 heavy (non-hydrogen) atoms. The molecule has 0 saturated carbocycles. The van der Waals surface area contributed by atoms with Crippen LogP contribution in [0.5, 0.6) is 0 Å². The van der Waals surface area contributed by atoms with Crippen molar-refractivity contribution in [1.82, 2.24) is 4.98 Å². The second kappa shape index (κ2) is 5.60. The van der Waals surface area contributed by atoms with Gasteiger partial charge < -0.3 is 5.11 Å². The molecule has 3 nitrogen and oxygen atoms in total. The average molecular weight is 185 g/mol. The van der Waals surface area contributed by atoms with Gasteiger partial charge in [0.05, 0.1) is 0 Å². The lowest BCUT2D eigenvalue weighted by Crippen LogP contribution is -1.98.